The van der Waals surface area contributed by atoms with Gasteiger partial charge >= 0.3 is 0 Å². The zero-order valence-electron chi connectivity index (χ0n) is 20.7. The normalized spacial score (nSPS) is 19.2. The van der Waals surface area contributed by atoms with E-state index in [1.165, 1.54) is 42.4 Å². The minimum Gasteiger partial charge on any atom is -0.207 e. The van der Waals surface area contributed by atoms with Crippen LogP contribution in [0.2, 0.25) is 0 Å². The molecule has 3 aromatic rings. The Bertz CT molecular complexity index is 1010. The molecule has 0 radical (unpaired) electrons. The quantitative estimate of drug-likeness (QED) is 0.298. The van der Waals surface area contributed by atoms with Crippen LogP contribution in [-0.2, 0) is 19.3 Å². The van der Waals surface area contributed by atoms with Gasteiger partial charge in [-0.15, -0.1) is 0 Å². The largest absolute Gasteiger partial charge is 0.207 e. The Morgan fingerprint density at radius 1 is 0.794 bits per heavy atom. The molecule has 34 heavy (non-hydrogen) atoms. The molecule has 1 saturated carbocycles. The zero-order valence-corrected chi connectivity index (χ0v) is 20.7. The third kappa shape index (κ3) is 6.34. The third-order valence-electron chi connectivity index (χ3n) is 7.75. The van der Waals surface area contributed by atoms with Crippen LogP contribution in [0.5, 0.6) is 0 Å². The van der Waals surface area contributed by atoms with Gasteiger partial charge in [0.25, 0.3) is 0 Å². The van der Waals surface area contributed by atoms with Gasteiger partial charge in [0.15, 0.2) is 0 Å². The first-order chi connectivity index (χ1) is 16.5. The molecular weight excluding hydrogens is 422 g/mol. The van der Waals surface area contributed by atoms with Crippen LogP contribution in [0.1, 0.15) is 92.0 Å². The molecule has 0 amide bonds. The van der Waals surface area contributed by atoms with Crippen molar-refractivity contribution in [2.75, 3.05) is 0 Å². The van der Waals surface area contributed by atoms with E-state index >= 15 is 0 Å². The highest BCUT2D eigenvalue weighted by Crippen LogP contribution is 2.38. The molecule has 1 aliphatic rings. The molecule has 4 rings (SSSR count). The Labute approximate surface area is 204 Å². The molecule has 0 bridgehead atoms. The third-order valence-corrected chi connectivity index (χ3v) is 7.75. The number of hydrogen-bond donors (Lipinski definition) is 0. The van der Waals surface area contributed by atoms with Crippen molar-refractivity contribution in [3.63, 3.8) is 0 Å². The van der Waals surface area contributed by atoms with Crippen LogP contribution in [0.3, 0.4) is 0 Å². The fourth-order valence-corrected chi connectivity index (χ4v) is 5.62. The van der Waals surface area contributed by atoms with E-state index in [1.54, 1.807) is 12.1 Å². The first-order valence-electron chi connectivity index (χ1n) is 13.1. The number of aryl methyl sites for hydroxylation is 1. The highest BCUT2D eigenvalue weighted by Gasteiger charge is 2.22. The lowest BCUT2D eigenvalue weighted by Crippen LogP contribution is -2.14. The fraction of sp³-hybridized carbons (Fsp3) is 0.438. The number of benzene rings is 3. The van der Waals surface area contributed by atoms with E-state index in [0.717, 1.165) is 31.2 Å². The minimum atomic E-state index is -0.373. The van der Waals surface area contributed by atoms with Crippen LogP contribution in [-0.4, -0.2) is 0 Å². The van der Waals surface area contributed by atoms with Crippen LogP contribution in [0.15, 0.2) is 66.7 Å². The minimum absolute atomic E-state index is 0.243. The van der Waals surface area contributed by atoms with Crippen molar-refractivity contribution in [1.29, 1.82) is 0 Å². The molecule has 0 N–H and O–H groups in total. The summed E-state index contributed by atoms with van der Waals surface area (Å²) in [7, 11) is 0. The summed E-state index contributed by atoms with van der Waals surface area (Å²) in [5, 5.41) is 0. The Hall–Kier alpha value is -2.48. The van der Waals surface area contributed by atoms with Gasteiger partial charge in [-0.2, -0.15) is 0 Å². The van der Waals surface area contributed by atoms with Crippen LogP contribution in [0.4, 0.5) is 8.78 Å². The van der Waals surface area contributed by atoms with Crippen LogP contribution in [0.25, 0.3) is 0 Å². The molecule has 0 heterocycles. The topological polar surface area (TPSA) is 0 Å². The van der Waals surface area contributed by atoms with Crippen molar-refractivity contribution in [2.45, 2.75) is 83.5 Å². The average Bonchev–Trinajstić information content (AvgIpc) is 2.86. The summed E-state index contributed by atoms with van der Waals surface area (Å²) in [5.74, 6) is 1.07. The molecule has 0 saturated heterocycles. The lowest BCUT2D eigenvalue weighted by molar-refractivity contribution is 0.310. The molecule has 2 heteroatoms. The smallest absolute Gasteiger partial charge is 0.129 e. The molecule has 0 aromatic heterocycles. The highest BCUT2D eigenvalue weighted by molar-refractivity contribution is 5.29. The SMILES string of the molecule is CCCc1c(F)cc(CCC2CCC(c3ccc(C[C@H](C)c4ccccc4)cc3)CC2)cc1F. The molecule has 3 aromatic carbocycles. The molecule has 180 valence electrons. The molecule has 1 aliphatic carbocycles. The second-order valence-corrected chi connectivity index (χ2v) is 10.3. The predicted molar refractivity (Wildman–Crippen MR) is 138 cm³/mol. The molecule has 1 fully saturated rings. The second kappa shape index (κ2) is 11.8. The standard InChI is InChI=1S/C32H38F2/c1-3-7-30-31(33)21-26(22-32(30)34)11-10-24-12-16-28(17-13-24)29-18-14-25(15-19-29)20-23(2)27-8-5-4-6-9-27/h4-6,8-9,14-15,18-19,21-24,28H,3,7,10-13,16-17,20H2,1-2H3/t23-,24?,28?/m0/s1. The summed E-state index contributed by atoms with van der Waals surface area (Å²) < 4.78 is 28.5. The van der Waals surface area contributed by atoms with Gasteiger partial charge < -0.3 is 0 Å². The van der Waals surface area contributed by atoms with Crippen molar-refractivity contribution < 1.29 is 8.78 Å². The number of hydrogen-bond acceptors (Lipinski definition) is 0. The summed E-state index contributed by atoms with van der Waals surface area (Å²) in [5.41, 5.74) is 5.31. The van der Waals surface area contributed by atoms with Crippen LogP contribution < -0.4 is 0 Å². The van der Waals surface area contributed by atoms with E-state index in [1.807, 2.05) is 6.92 Å². The maximum Gasteiger partial charge on any atom is 0.129 e. The van der Waals surface area contributed by atoms with Crippen molar-refractivity contribution in [3.8, 4) is 0 Å². The van der Waals surface area contributed by atoms with Gasteiger partial charge in [-0.3, -0.25) is 0 Å². The lowest BCUT2D eigenvalue weighted by atomic mass is 9.76. The van der Waals surface area contributed by atoms with Gasteiger partial charge in [0, 0.05) is 5.56 Å². The Morgan fingerprint density at radius 2 is 1.44 bits per heavy atom. The van der Waals surface area contributed by atoms with E-state index < -0.39 is 0 Å². The van der Waals surface area contributed by atoms with E-state index in [0.29, 0.717) is 24.2 Å². The van der Waals surface area contributed by atoms with E-state index in [4.69, 9.17) is 0 Å². The van der Waals surface area contributed by atoms with Crippen LogP contribution in [0, 0.1) is 17.6 Å². The molecule has 0 unspecified atom stereocenters. The Balaban J connectivity index is 1.25. The summed E-state index contributed by atoms with van der Waals surface area (Å²) in [6, 6.07) is 23.1. The highest BCUT2D eigenvalue weighted by atomic mass is 19.1. The van der Waals surface area contributed by atoms with Crippen molar-refractivity contribution in [3.05, 3.63) is 106 Å². The van der Waals surface area contributed by atoms with Crippen molar-refractivity contribution in [1.82, 2.24) is 0 Å². The average molecular weight is 461 g/mol. The first kappa shape index (κ1) is 24.6. The van der Waals surface area contributed by atoms with E-state index in [9.17, 15) is 8.78 Å². The van der Waals surface area contributed by atoms with Gasteiger partial charge in [-0.25, -0.2) is 8.78 Å². The summed E-state index contributed by atoms with van der Waals surface area (Å²) in [6.45, 7) is 4.25. The number of halogens is 2. The summed E-state index contributed by atoms with van der Waals surface area (Å²) in [6.07, 6.45) is 8.91. The van der Waals surface area contributed by atoms with Crippen molar-refractivity contribution >= 4 is 0 Å². The van der Waals surface area contributed by atoms with Gasteiger partial charge in [0.05, 0.1) is 0 Å². The lowest BCUT2D eigenvalue weighted by Gasteiger charge is -2.29. The molecule has 0 aliphatic heterocycles. The maximum absolute atomic E-state index is 14.2. The summed E-state index contributed by atoms with van der Waals surface area (Å²) >= 11 is 0. The Kier molecular flexibility index (Phi) is 8.53. The molecule has 0 nitrogen and oxygen atoms in total. The van der Waals surface area contributed by atoms with Gasteiger partial charge in [-0.1, -0.05) is 74.9 Å². The van der Waals surface area contributed by atoms with Crippen LogP contribution >= 0.6 is 0 Å². The van der Waals surface area contributed by atoms with Gasteiger partial charge in [-0.05, 0) is 104 Å². The number of rotatable bonds is 9. The molecule has 1 atom stereocenters. The van der Waals surface area contributed by atoms with Crippen molar-refractivity contribution in [2.24, 2.45) is 5.92 Å². The monoisotopic (exact) mass is 460 g/mol. The first-order valence-corrected chi connectivity index (χ1v) is 13.1. The molecular formula is C32H38F2. The molecule has 0 spiro atoms. The van der Waals surface area contributed by atoms with E-state index in [-0.39, 0.29) is 17.2 Å². The van der Waals surface area contributed by atoms with Gasteiger partial charge in [0.1, 0.15) is 11.6 Å². The second-order valence-electron chi connectivity index (χ2n) is 10.3. The fourth-order valence-electron chi connectivity index (χ4n) is 5.62. The summed E-state index contributed by atoms with van der Waals surface area (Å²) in [4.78, 5) is 0. The zero-order chi connectivity index (χ0) is 23.9. The van der Waals surface area contributed by atoms with Gasteiger partial charge in [0.2, 0.25) is 0 Å². The van der Waals surface area contributed by atoms with E-state index in [2.05, 4.69) is 61.5 Å². The predicted octanol–water partition coefficient (Wildman–Crippen LogP) is 9.17. The maximum atomic E-state index is 14.2. The Morgan fingerprint density at radius 3 is 2.06 bits per heavy atom.